The number of fused-ring (bicyclic) bond motifs is 1. The Labute approximate surface area is 126 Å². The number of nitrogens with zero attached hydrogens (tertiary/aromatic N) is 1. The van der Waals surface area contributed by atoms with Crippen molar-refractivity contribution in [1.29, 1.82) is 0 Å². The number of aromatic nitrogens is 1. The summed E-state index contributed by atoms with van der Waals surface area (Å²) >= 11 is 5.87. The molecule has 5 heteroatoms. The third kappa shape index (κ3) is 2.66. The largest absolute Gasteiger partial charge is 0.478 e. The van der Waals surface area contributed by atoms with E-state index in [2.05, 4.69) is 10.3 Å². The van der Waals surface area contributed by atoms with Crippen molar-refractivity contribution in [2.45, 2.75) is 0 Å². The van der Waals surface area contributed by atoms with E-state index in [-0.39, 0.29) is 10.6 Å². The van der Waals surface area contributed by atoms with Crippen molar-refractivity contribution in [1.82, 2.24) is 4.98 Å². The second kappa shape index (κ2) is 5.42. The monoisotopic (exact) mass is 298 g/mol. The van der Waals surface area contributed by atoms with Gasteiger partial charge in [-0.2, -0.15) is 0 Å². The van der Waals surface area contributed by atoms with Crippen molar-refractivity contribution in [3.8, 4) is 0 Å². The quantitative estimate of drug-likeness (QED) is 0.755. The van der Waals surface area contributed by atoms with E-state index in [1.54, 1.807) is 18.3 Å². The van der Waals surface area contributed by atoms with Crippen LogP contribution in [0.4, 0.5) is 11.4 Å². The van der Waals surface area contributed by atoms with Crippen LogP contribution in [0.15, 0.2) is 54.7 Å². The molecule has 0 radical (unpaired) electrons. The highest BCUT2D eigenvalue weighted by molar-refractivity contribution is 6.33. The highest BCUT2D eigenvalue weighted by Crippen LogP contribution is 2.27. The van der Waals surface area contributed by atoms with Crippen molar-refractivity contribution in [3.05, 3.63) is 65.3 Å². The lowest BCUT2D eigenvalue weighted by Crippen LogP contribution is -1.99. The van der Waals surface area contributed by atoms with E-state index in [9.17, 15) is 4.79 Å². The second-order valence-corrected chi connectivity index (χ2v) is 4.91. The maximum Gasteiger partial charge on any atom is 0.337 e. The van der Waals surface area contributed by atoms with Crippen LogP contribution in [0.3, 0.4) is 0 Å². The van der Waals surface area contributed by atoms with Crippen LogP contribution in [0.25, 0.3) is 10.9 Å². The van der Waals surface area contributed by atoms with Crippen LogP contribution in [-0.2, 0) is 0 Å². The standard InChI is InChI=1S/C16H11ClN2O2/c17-13-6-5-10(9-12(13)16(20)21)19-15-7-8-18-14-4-2-1-3-11(14)15/h1-9H,(H,18,19)(H,20,21). The van der Waals surface area contributed by atoms with Gasteiger partial charge in [0, 0.05) is 23.0 Å². The lowest BCUT2D eigenvalue weighted by atomic mass is 10.1. The van der Waals surface area contributed by atoms with Gasteiger partial charge in [-0.05, 0) is 30.3 Å². The summed E-state index contributed by atoms with van der Waals surface area (Å²) in [5.74, 6) is -1.05. The molecular formula is C16H11ClN2O2. The Morgan fingerprint density at radius 3 is 2.76 bits per heavy atom. The zero-order valence-electron chi connectivity index (χ0n) is 10.9. The molecule has 3 aromatic rings. The van der Waals surface area contributed by atoms with Gasteiger partial charge in [-0.1, -0.05) is 29.8 Å². The Hall–Kier alpha value is -2.59. The summed E-state index contributed by atoms with van der Waals surface area (Å²) in [5.41, 5.74) is 2.46. The summed E-state index contributed by atoms with van der Waals surface area (Å²) in [6.07, 6.45) is 1.71. The molecule has 0 saturated heterocycles. The SMILES string of the molecule is O=C(O)c1cc(Nc2ccnc3ccccc23)ccc1Cl. The molecule has 0 atom stereocenters. The maximum absolute atomic E-state index is 11.1. The summed E-state index contributed by atoms with van der Waals surface area (Å²) in [6, 6.07) is 14.4. The summed E-state index contributed by atoms with van der Waals surface area (Å²) < 4.78 is 0. The third-order valence-corrected chi connectivity index (χ3v) is 3.45. The van der Waals surface area contributed by atoms with Crippen LogP contribution < -0.4 is 5.32 Å². The van der Waals surface area contributed by atoms with Crippen LogP contribution >= 0.6 is 11.6 Å². The zero-order chi connectivity index (χ0) is 14.8. The first-order valence-electron chi connectivity index (χ1n) is 6.29. The first-order valence-corrected chi connectivity index (χ1v) is 6.66. The number of hydrogen-bond donors (Lipinski definition) is 2. The molecule has 0 unspecified atom stereocenters. The van der Waals surface area contributed by atoms with Gasteiger partial charge in [0.2, 0.25) is 0 Å². The van der Waals surface area contributed by atoms with E-state index < -0.39 is 5.97 Å². The van der Waals surface area contributed by atoms with Crippen LogP contribution in [0.2, 0.25) is 5.02 Å². The van der Waals surface area contributed by atoms with Gasteiger partial charge in [0.1, 0.15) is 0 Å². The van der Waals surface area contributed by atoms with Gasteiger partial charge in [0.05, 0.1) is 16.1 Å². The highest BCUT2D eigenvalue weighted by Gasteiger charge is 2.10. The Bertz CT molecular complexity index is 828. The second-order valence-electron chi connectivity index (χ2n) is 4.50. The summed E-state index contributed by atoms with van der Waals surface area (Å²) in [7, 11) is 0. The molecule has 104 valence electrons. The summed E-state index contributed by atoms with van der Waals surface area (Å²) in [4.78, 5) is 15.4. The van der Waals surface area contributed by atoms with Crippen LogP contribution in [0.5, 0.6) is 0 Å². The Kier molecular flexibility index (Phi) is 3.46. The van der Waals surface area contributed by atoms with E-state index in [1.165, 1.54) is 6.07 Å². The van der Waals surface area contributed by atoms with Crippen LogP contribution in [0, 0.1) is 0 Å². The van der Waals surface area contributed by atoms with Gasteiger partial charge in [0.15, 0.2) is 0 Å². The molecule has 0 aliphatic carbocycles. The van der Waals surface area contributed by atoms with Crippen molar-refractivity contribution < 1.29 is 9.90 Å². The van der Waals surface area contributed by atoms with E-state index in [1.807, 2.05) is 30.3 Å². The molecule has 2 aromatic carbocycles. The molecule has 0 amide bonds. The van der Waals surface area contributed by atoms with E-state index >= 15 is 0 Å². The normalized spacial score (nSPS) is 10.5. The predicted octanol–water partition coefficient (Wildman–Crippen LogP) is 4.33. The lowest BCUT2D eigenvalue weighted by molar-refractivity contribution is 0.0697. The molecule has 1 heterocycles. The molecule has 0 fully saturated rings. The average molecular weight is 299 g/mol. The van der Waals surface area contributed by atoms with Gasteiger partial charge < -0.3 is 10.4 Å². The lowest BCUT2D eigenvalue weighted by Gasteiger charge is -2.10. The molecule has 0 saturated carbocycles. The minimum atomic E-state index is -1.05. The number of halogens is 1. The number of benzene rings is 2. The van der Waals surface area contributed by atoms with Gasteiger partial charge in [0.25, 0.3) is 0 Å². The first-order chi connectivity index (χ1) is 10.1. The smallest absolute Gasteiger partial charge is 0.337 e. The van der Waals surface area contributed by atoms with Crippen molar-refractivity contribution >= 4 is 39.8 Å². The number of pyridine rings is 1. The number of carboxylic acids is 1. The number of carbonyl (C=O) groups is 1. The molecular weight excluding hydrogens is 288 g/mol. The van der Waals surface area contributed by atoms with Gasteiger partial charge >= 0.3 is 5.97 Å². The zero-order valence-corrected chi connectivity index (χ0v) is 11.6. The molecule has 0 spiro atoms. The minimum Gasteiger partial charge on any atom is -0.478 e. The van der Waals surface area contributed by atoms with Crippen molar-refractivity contribution in [2.24, 2.45) is 0 Å². The fourth-order valence-corrected chi connectivity index (χ4v) is 2.33. The molecule has 3 rings (SSSR count). The predicted molar refractivity (Wildman–Crippen MR) is 83.4 cm³/mol. The highest BCUT2D eigenvalue weighted by atomic mass is 35.5. The maximum atomic E-state index is 11.1. The Morgan fingerprint density at radius 1 is 1.14 bits per heavy atom. The molecule has 0 bridgehead atoms. The van der Waals surface area contributed by atoms with Crippen molar-refractivity contribution in [2.75, 3.05) is 5.32 Å². The van der Waals surface area contributed by atoms with Gasteiger partial charge in [-0.3, -0.25) is 4.98 Å². The number of hydrogen-bond acceptors (Lipinski definition) is 3. The van der Waals surface area contributed by atoms with Crippen LogP contribution in [-0.4, -0.2) is 16.1 Å². The topological polar surface area (TPSA) is 62.2 Å². The van der Waals surface area contributed by atoms with E-state index in [0.717, 1.165) is 16.6 Å². The molecule has 1 aromatic heterocycles. The number of para-hydroxylation sites is 1. The molecule has 0 aliphatic heterocycles. The summed E-state index contributed by atoms with van der Waals surface area (Å²) in [6.45, 7) is 0. The van der Waals surface area contributed by atoms with Crippen molar-refractivity contribution in [3.63, 3.8) is 0 Å². The molecule has 0 aliphatic rings. The molecule has 2 N–H and O–H groups in total. The fraction of sp³-hybridized carbons (Fsp3) is 0. The van der Waals surface area contributed by atoms with Gasteiger partial charge in [-0.25, -0.2) is 4.79 Å². The number of carboxylic acid groups (broad SMARTS) is 1. The fourth-order valence-electron chi connectivity index (χ4n) is 2.13. The molecule has 4 nitrogen and oxygen atoms in total. The van der Waals surface area contributed by atoms with E-state index in [0.29, 0.717) is 5.69 Å². The third-order valence-electron chi connectivity index (χ3n) is 3.12. The number of anilines is 2. The number of rotatable bonds is 3. The Balaban J connectivity index is 2.03. The number of nitrogens with one attached hydrogen (secondary N) is 1. The van der Waals surface area contributed by atoms with Crippen LogP contribution in [0.1, 0.15) is 10.4 Å². The molecule has 21 heavy (non-hydrogen) atoms. The first kappa shape index (κ1) is 13.4. The number of aromatic carboxylic acids is 1. The minimum absolute atomic E-state index is 0.0695. The van der Waals surface area contributed by atoms with E-state index in [4.69, 9.17) is 16.7 Å². The van der Waals surface area contributed by atoms with Gasteiger partial charge in [-0.15, -0.1) is 0 Å². The average Bonchev–Trinajstić information content (AvgIpc) is 2.49. The summed E-state index contributed by atoms with van der Waals surface area (Å²) in [5, 5.41) is 13.5. The Morgan fingerprint density at radius 2 is 1.95 bits per heavy atom.